The molecule has 1 N–H and O–H groups in total. The molecule has 4 rings (SSSR count). The summed E-state index contributed by atoms with van der Waals surface area (Å²) in [6.07, 6.45) is 1.98. The molecule has 3 aromatic rings. The third-order valence-corrected chi connectivity index (χ3v) is 5.49. The Labute approximate surface area is 188 Å². The lowest BCUT2D eigenvalue weighted by Gasteiger charge is -2.14. The van der Waals surface area contributed by atoms with Gasteiger partial charge in [-0.2, -0.15) is 10.2 Å². The van der Waals surface area contributed by atoms with Crippen LogP contribution in [0.4, 0.5) is 0 Å². The average Bonchev–Trinajstić information content (AvgIpc) is 3.44. The minimum absolute atomic E-state index is 0.0133. The zero-order valence-corrected chi connectivity index (χ0v) is 18.7. The molecule has 2 aromatic carbocycles. The van der Waals surface area contributed by atoms with Gasteiger partial charge in [-0.15, -0.1) is 0 Å². The second-order valence-electron chi connectivity index (χ2n) is 8.03. The van der Waals surface area contributed by atoms with Crippen molar-refractivity contribution in [2.75, 3.05) is 19.8 Å². The van der Waals surface area contributed by atoms with Crippen LogP contribution in [-0.2, 0) is 11.2 Å². The summed E-state index contributed by atoms with van der Waals surface area (Å²) in [5.74, 6) is 1.50. The van der Waals surface area contributed by atoms with Crippen LogP contribution in [0.3, 0.4) is 0 Å². The number of ether oxygens (including phenoxy) is 2. The van der Waals surface area contributed by atoms with Gasteiger partial charge >= 0.3 is 0 Å². The SMILES string of the molecule is CCOCCNC1CCc2c(-c3noc(-c4ccc(OC(C)C)c(C#N)c4)n3)cccc21. The quantitative estimate of drug-likeness (QED) is 0.491. The fourth-order valence-corrected chi connectivity index (χ4v) is 4.08. The van der Waals surface area contributed by atoms with E-state index in [4.69, 9.17) is 14.0 Å². The van der Waals surface area contributed by atoms with Gasteiger partial charge in [-0.3, -0.25) is 0 Å². The lowest BCUT2D eigenvalue weighted by Crippen LogP contribution is -2.23. The number of aromatic nitrogens is 2. The molecule has 0 spiro atoms. The summed E-state index contributed by atoms with van der Waals surface area (Å²) in [4.78, 5) is 4.64. The van der Waals surface area contributed by atoms with E-state index in [1.165, 1.54) is 11.1 Å². The van der Waals surface area contributed by atoms with E-state index < -0.39 is 0 Å². The Morgan fingerprint density at radius 3 is 2.94 bits per heavy atom. The van der Waals surface area contributed by atoms with Crippen molar-refractivity contribution in [1.82, 2.24) is 15.5 Å². The van der Waals surface area contributed by atoms with Gasteiger partial charge in [-0.05, 0) is 62.9 Å². The summed E-state index contributed by atoms with van der Waals surface area (Å²) in [6.45, 7) is 8.13. The highest BCUT2D eigenvalue weighted by Crippen LogP contribution is 2.37. The van der Waals surface area contributed by atoms with Crippen LogP contribution in [0.15, 0.2) is 40.9 Å². The molecule has 1 aliphatic carbocycles. The Kier molecular flexibility index (Phi) is 6.84. The molecule has 1 atom stereocenters. The molecule has 0 fully saturated rings. The lowest BCUT2D eigenvalue weighted by molar-refractivity contribution is 0.147. The van der Waals surface area contributed by atoms with Crippen molar-refractivity contribution in [3.8, 4) is 34.7 Å². The van der Waals surface area contributed by atoms with Crippen LogP contribution in [0.5, 0.6) is 5.75 Å². The monoisotopic (exact) mass is 432 g/mol. The molecule has 1 aromatic heterocycles. The van der Waals surface area contributed by atoms with Gasteiger partial charge in [0, 0.05) is 30.3 Å². The summed E-state index contributed by atoms with van der Waals surface area (Å²) in [5.41, 5.74) is 4.67. The Hall–Kier alpha value is -3.21. The molecule has 7 nitrogen and oxygen atoms in total. The van der Waals surface area contributed by atoms with Crippen LogP contribution in [0.2, 0.25) is 0 Å². The normalized spacial score (nSPS) is 15.0. The number of hydrogen-bond acceptors (Lipinski definition) is 7. The Balaban J connectivity index is 1.56. The predicted octanol–water partition coefficient (Wildman–Crippen LogP) is 4.68. The number of hydrogen-bond donors (Lipinski definition) is 1. The molecule has 0 aliphatic heterocycles. The van der Waals surface area contributed by atoms with Crippen molar-refractivity contribution >= 4 is 0 Å². The van der Waals surface area contributed by atoms with Crippen LogP contribution < -0.4 is 10.1 Å². The molecule has 32 heavy (non-hydrogen) atoms. The number of fused-ring (bicyclic) bond motifs is 1. The molecule has 0 saturated heterocycles. The molecule has 0 bridgehead atoms. The Morgan fingerprint density at radius 1 is 1.28 bits per heavy atom. The van der Waals surface area contributed by atoms with Gasteiger partial charge in [0.05, 0.1) is 18.3 Å². The molecule has 1 aliphatic rings. The highest BCUT2D eigenvalue weighted by atomic mass is 16.5. The van der Waals surface area contributed by atoms with E-state index in [1.54, 1.807) is 12.1 Å². The Bertz CT molecular complexity index is 1120. The zero-order valence-electron chi connectivity index (χ0n) is 18.7. The molecule has 0 amide bonds. The van der Waals surface area contributed by atoms with E-state index in [9.17, 15) is 5.26 Å². The number of nitrogens with one attached hydrogen (secondary N) is 1. The molecule has 166 valence electrons. The van der Waals surface area contributed by atoms with E-state index in [0.717, 1.165) is 31.6 Å². The van der Waals surface area contributed by atoms with Gasteiger partial charge in [0.2, 0.25) is 5.82 Å². The number of nitrogens with zero attached hydrogens (tertiary/aromatic N) is 3. The predicted molar refractivity (Wildman–Crippen MR) is 121 cm³/mol. The first-order valence-electron chi connectivity index (χ1n) is 11.1. The van der Waals surface area contributed by atoms with E-state index in [-0.39, 0.29) is 6.10 Å². The summed E-state index contributed by atoms with van der Waals surface area (Å²) >= 11 is 0. The van der Waals surface area contributed by atoms with Crippen LogP contribution in [0, 0.1) is 11.3 Å². The summed E-state index contributed by atoms with van der Waals surface area (Å²) in [6, 6.07) is 14.1. The minimum Gasteiger partial charge on any atom is -0.490 e. The first-order chi connectivity index (χ1) is 15.6. The number of nitriles is 1. The van der Waals surface area contributed by atoms with Crippen molar-refractivity contribution in [3.05, 3.63) is 53.1 Å². The van der Waals surface area contributed by atoms with E-state index >= 15 is 0 Å². The van der Waals surface area contributed by atoms with Crippen LogP contribution in [0.1, 0.15) is 49.9 Å². The van der Waals surface area contributed by atoms with Crippen LogP contribution in [-0.4, -0.2) is 36.0 Å². The largest absolute Gasteiger partial charge is 0.490 e. The maximum Gasteiger partial charge on any atom is 0.258 e. The van der Waals surface area contributed by atoms with Gasteiger partial charge in [0.1, 0.15) is 11.8 Å². The second-order valence-corrected chi connectivity index (χ2v) is 8.03. The van der Waals surface area contributed by atoms with E-state index in [0.29, 0.717) is 41.2 Å². The van der Waals surface area contributed by atoms with E-state index in [1.807, 2.05) is 39.0 Å². The summed E-state index contributed by atoms with van der Waals surface area (Å²) in [7, 11) is 0. The fourth-order valence-electron chi connectivity index (χ4n) is 4.08. The van der Waals surface area contributed by atoms with Gasteiger partial charge in [0.15, 0.2) is 0 Å². The minimum atomic E-state index is -0.0133. The fraction of sp³-hybridized carbons (Fsp3) is 0.400. The van der Waals surface area contributed by atoms with Crippen molar-refractivity contribution in [2.24, 2.45) is 0 Å². The first-order valence-corrected chi connectivity index (χ1v) is 11.1. The highest BCUT2D eigenvalue weighted by Gasteiger charge is 2.26. The molecular weight excluding hydrogens is 404 g/mol. The second kappa shape index (κ2) is 9.94. The maximum absolute atomic E-state index is 9.50. The van der Waals surface area contributed by atoms with Gasteiger partial charge in [0.25, 0.3) is 5.89 Å². The third-order valence-electron chi connectivity index (χ3n) is 5.49. The topological polar surface area (TPSA) is 93.2 Å². The van der Waals surface area contributed by atoms with Crippen LogP contribution in [0.25, 0.3) is 22.8 Å². The summed E-state index contributed by atoms with van der Waals surface area (Å²) in [5, 5.41) is 17.3. The standard InChI is InChI=1S/C25H28N4O3/c1-4-30-13-12-27-22-10-9-19-20(22)6-5-7-21(19)24-28-25(32-29-24)17-8-11-23(31-16(2)3)18(14-17)15-26/h5-8,11,14,16,22,27H,4,9-10,12-13H2,1-3H3. The average molecular weight is 433 g/mol. The zero-order chi connectivity index (χ0) is 22.5. The van der Waals surface area contributed by atoms with Crippen molar-refractivity contribution in [3.63, 3.8) is 0 Å². The smallest absolute Gasteiger partial charge is 0.258 e. The molecular formula is C25H28N4O3. The Morgan fingerprint density at radius 2 is 2.16 bits per heavy atom. The molecule has 1 unspecified atom stereocenters. The number of benzene rings is 2. The van der Waals surface area contributed by atoms with Crippen molar-refractivity contribution < 1.29 is 14.0 Å². The van der Waals surface area contributed by atoms with Crippen molar-refractivity contribution in [1.29, 1.82) is 5.26 Å². The van der Waals surface area contributed by atoms with Crippen LogP contribution >= 0.6 is 0 Å². The molecule has 7 heteroatoms. The lowest BCUT2D eigenvalue weighted by atomic mass is 10.0. The molecule has 0 saturated carbocycles. The van der Waals surface area contributed by atoms with Gasteiger partial charge in [-0.1, -0.05) is 23.4 Å². The first kappa shape index (κ1) is 22.0. The van der Waals surface area contributed by atoms with Gasteiger partial charge in [-0.25, -0.2) is 0 Å². The number of rotatable bonds is 9. The van der Waals surface area contributed by atoms with E-state index in [2.05, 4.69) is 27.6 Å². The summed E-state index contributed by atoms with van der Waals surface area (Å²) < 4.78 is 16.7. The molecule has 0 radical (unpaired) electrons. The van der Waals surface area contributed by atoms with Crippen molar-refractivity contribution in [2.45, 2.75) is 45.8 Å². The molecule has 1 heterocycles. The third kappa shape index (κ3) is 4.67. The maximum atomic E-state index is 9.50. The van der Waals surface area contributed by atoms with Gasteiger partial charge < -0.3 is 19.3 Å². The highest BCUT2D eigenvalue weighted by molar-refractivity contribution is 5.67.